The van der Waals surface area contributed by atoms with E-state index in [1.54, 1.807) is 12.4 Å². The van der Waals surface area contributed by atoms with Crippen molar-refractivity contribution in [1.82, 2.24) is 15.0 Å². The van der Waals surface area contributed by atoms with Crippen molar-refractivity contribution in [2.75, 3.05) is 5.73 Å². The van der Waals surface area contributed by atoms with Gasteiger partial charge in [0.05, 0.1) is 11.0 Å². The number of nitrogens with two attached hydrogens (primary N) is 1. The number of ether oxygens (including phenoxy) is 1. The average molecular weight is 321 g/mol. The number of aromatic amines is 1. The number of pyridine rings is 1. The van der Waals surface area contributed by atoms with Crippen LogP contribution < -0.4 is 10.5 Å². The number of hydrogen-bond donors (Lipinski definition) is 2. The van der Waals surface area contributed by atoms with E-state index < -0.39 is 0 Å². The fourth-order valence-electron chi connectivity index (χ4n) is 1.74. The van der Waals surface area contributed by atoms with E-state index in [0.717, 1.165) is 22.3 Å². The van der Waals surface area contributed by atoms with Gasteiger partial charge in [-0.3, -0.25) is 4.98 Å². The van der Waals surface area contributed by atoms with E-state index in [4.69, 9.17) is 10.5 Å². The highest BCUT2D eigenvalue weighted by Crippen LogP contribution is 2.20. The lowest BCUT2D eigenvalue weighted by Gasteiger charge is -2.05. The number of rotatable bonds is 3. The summed E-state index contributed by atoms with van der Waals surface area (Å²) in [4.78, 5) is 11.1. The number of halogens is 1. The first-order valence-electron chi connectivity index (χ1n) is 5.58. The number of fused-ring (bicyclic) bond motifs is 1. The smallest absolute Gasteiger partial charge is 0.198 e. The Hall–Kier alpha value is -2.08. The zero-order valence-corrected chi connectivity index (χ0v) is 11.7. The molecule has 3 rings (SSSR count). The van der Waals surface area contributed by atoms with Crippen molar-refractivity contribution in [3.63, 3.8) is 0 Å². The molecule has 6 heteroatoms. The molecular formula is C13H13BrN4O. The number of hydrogen-bond acceptors (Lipinski definition) is 4. The van der Waals surface area contributed by atoms with Gasteiger partial charge < -0.3 is 15.5 Å². The fourth-order valence-corrected chi connectivity index (χ4v) is 1.74. The second kappa shape index (κ2) is 5.71. The maximum Gasteiger partial charge on any atom is 0.198 e. The summed E-state index contributed by atoms with van der Waals surface area (Å²) in [6, 6.07) is 9.50. The minimum Gasteiger partial charge on any atom is -0.489 e. The van der Waals surface area contributed by atoms with E-state index in [9.17, 15) is 0 Å². The molecule has 0 aliphatic carbocycles. The predicted octanol–water partition coefficient (Wildman–Crippen LogP) is 2.70. The Morgan fingerprint density at radius 1 is 1.16 bits per heavy atom. The summed E-state index contributed by atoms with van der Waals surface area (Å²) in [5.74, 6) is 1.18. The normalized spacial score (nSPS) is 10.1. The van der Waals surface area contributed by atoms with Gasteiger partial charge in [0, 0.05) is 18.5 Å². The number of benzene rings is 1. The molecule has 0 fully saturated rings. The molecule has 2 heterocycles. The Bertz CT molecular complexity index is 669. The van der Waals surface area contributed by atoms with Crippen LogP contribution in [-0.4, -0.2) is 15.0 Å². The van der Waals surface area contributed by atoms with E-state index in [0.29, 0.717) is 12.6 Å². The molecule has 3 N–H and O–H groups in total. The zero-order valence-electron chi connectivity index (χ0n) is 10.0. The first-order valence-corrected chi connectivity index (χ1v) is 5.58. The quantitative estimate of drug-likeness (QED) is 0.777. The molecule has 98 valence electrons. The van der Waals surface area contributed by atoms with Crippen LogP contribution in [0.2, 0.25) is 0 Å². The van der Waals surface area contributed by atoms with E-state index >= 15 is 0 Å². The summed E-state index contributed by atoms with van der Waals surface area (Å²) in [6.45, 7) is 0.508. The second-order valence-electron chi connectivity index (χ2n) is 3.95. The molecule has 0 atom stereocenters. The molecule has 19 heavy (non-hydrogen) atoms. The number of imidazole rings is 1. The van der Waals surface area contributed by atoms with Gasteiger partial charge in [-0.1, -0.05) is 0 Å². The van der Waals surface area contributed by atoms with Crippen LogP contribution in [0.5, 0.6) is 5.75 Å². The van der Waals surface area contributed by atoms with Gasteiger partial charge in [0.1, 0.15) is 12.4 Å². The van der Waals surface area contributed by atoms with Crippen molar-refractivity contribution in [3.05, 3.63) is 48.3 Å². The molecule has 0 radical (unpaired) electrons. The molecule has 0 aliphatic heterocycles. The SMILES string of the molecule is Br.Nc1nc2cc(OCc3ccncc3)ccc2[nH]1. The lowest BCUT2D eigenvalue weighted by atomic mass is 10.3. The standard InChI is InChI=1S/C13H12N4O.BrH/c14-13-16-11-2-1-10(7-12(11)17-13)18-8-9-3-5-15-6-4-9;/h1-7H,8H2,(H3,14,16,17);1H. The Morgan fingerprint density at radius 2 is 1.95 bits per heavy atom. The van der Waals surface area contributed by atoms with Crippen LogP contribution in [0.3, 0.4) is 0 Å². The first-order chi connectivity index (χ1) is 8.81. The molecule has 5 nitrogen and oxygen atoms in total. The summed E-state index contributed by atoms with van der Waals surface area (Å²) >= 11 is 0. The Kier molecular flexibility index (Phi) is 4.01. The van der Waals surface area contributed by atoms with Gasteiger partial charge in [-0.15, -0.1) is 17.0 Å². The molecule has 0 saturated carbocycles. The highest BCUT2D eigenvalue weighted by atomic mass is 79.9. The molecule has 0 bridgehead atoms. The van der Waals surface area contributed by atoms with Gasteiger partial charge in [0.25, 0.3) is 0 Å². The molecule has 0 amide bonds. The number of nitrogen functional groups attached to an aromatic ring is 1. The number of H-pyrrole nitrogens is 1. The van der Waals surface area contributed by atoms with Crippen LogP contribution in [-0.2, 0) is 6.61 Å². The lowest BCUT2D eigenvalue weighted by Crippen LogP contribution is -1.95. The zero-order chi connectivity index (χ0) is 12.4. The van der Waals surface area contributed by atoms with Gasteiger partial charge >= 0.3 is 0 Å². The number of nitrogens with one attached hydrogen (secondary N) is 1. The Labute approximate surface area is 120 Å². The number of aromatic nitrogens is 3. The maximum atomic E-state index is 5.69. The van der Waals surface area contributed by atoms with Crippen LogP contribution in [0.1, 0.15) is 5.56 Å². The Morgan fingerprint density at radius 3 is 2.74 bits per heavy atom. The lowest BCUT2D eigenvalue weighted by molar-refractivity contribution is 0.306. The minimum atomic E-state index is 0. The van der Waals surface area contributed by atoms with Crippen molar-refractivity contribution in [2.24, 2.45) is 0 Å². The summed E-state index contributed by atoms with van der Waals surface area (Å²) in [5.41, 5.74) is 8.38. The topological polar surface area (TPSA) is 76.8 Å². The van der Waals surface area contributed by atoms with Crippen molar-refractivity contribution >= 4 is 34.0 Å². The van der Waals surface area contributed by atoms with Crippen molar-refractivity contribution in [2.45, 2.75) is 6.61 Å². The first kappa shape index (κ1) is 13.4. The fraction of sp³-hybridized carbons (Fsp3) is 0.0769. The van der Waals surface area contributed by atoms with E-state index in [2.05, 4.69) is 15.0 Å². The largest absolute Gasteiger partial charge is 0.489 e. The van der Waals surface area contributed by atoms with Crippen LogP contribution in [0.4, 0.5) is 5.95 Å². The molecule has 0 spiro atoms. The van der Waals surface area contributed by atoms with Gasteiger partial charge in [-0.2, -0.15) is 0 Å². The third kappa shape index (κ3) is 3.03. The van der Waals surface area contributed by atoms with Crippen LogP contribution >= 0.6 is 17.0 Å². The minimum absolute atomic E-state index is 0. The molecule has 1 aromatic carbocycles. The van der Waals surface area contributed by atoms with Crippen molar-refractivity contribution in [3.8, 4) is 5.75 Å². The van der Waals surface area contributed by atoms with Crippen LogP contribution in [0.25, 0.3) is 11.0 Å². The van der Waals surface area contributed by atoms with Crippen molar-refractivity contribution < 1.29 is 4.74 Å². The molecular weight excluding hydrogens is 308 g/mol. The number of nitrogens with zero attached hydrogens (tertiary/aromatic N) is 2. The van der Waals surface area contributed by atoms with Crippen molar-refractivity contribution in [1.29, 1.82) is 0 Å². The van der Waals surface area contributed by atoms with E-state index in [1.807, 2.05) is 30.3 Å². The van der Waals surface area contributed by atoms with E-state index in [-0.39, 0.29) is 17.0 Å². The van der Waals surface area contributed by atoms with Gasteiger partial charge in [0.2, 0.25) is 0 Å². The molecule has 0 saturated heterocycles. The predicted molar refractivity (Wildman–Crippen MR) is 79.4 cm³/mol. The average Bonchev–Trinajstić information content (AvgIpc) is 2.77. The molecule has 2 aromatic heterocycles. The Balaban J connectivity index is 0.00000133. The molecule has 0 aliphatic rings. The van der Waals surface area contributed by atoms with Crippen LogP contribution in [0.15, 0.2) is 42.7 Å². The summed E-state index contributed by atoms with van der Waals surface area (Å²) in [7, 11) is 0. The summed E-state index contributed by atoms with van der Waals surface area (Å²) in [6.07, 6.45) is 3.49. The molecule has 3 aromatic rings. The highest BCUT2D eigenvalue weighted by Gasteiger charge is 2.02. The number of anilines is 1. The third-order valence-corrected chi connectivity index (χ3v) is 2.63. The van der Waals surface area contributed by atoms with Gasteiger partial charge in [-0.25, -0.2) is 4.98 Å². The summed E-state index contributed by atoms with van der Waals surface area (Å²) in [5, 5.41) is 0. The second-order valence-corrected chi connectivity index (χ2v) is 3.95. The van der Waals surface area contributed by atoms with Gasteiger partial charge in [0.15, 0.2) is 5.95 Å². The van der Waals surface area contributed by atoms with Crippen LogP contribution in [0, 0.1) is 0 Å². The van der Waals surface area contributed by atoms with E-state index in [1.165, 1.54) is 0 Å². The molecule has 0 unspecified atom stereocenters. The van der Waals surface area contributed by atoms with Gasteiger partial charge in [-0.05, 0) is 29.8 Å². The highest BCUT2D eigenvalue weighted by molar-refractivity contribution is 8.93. The monoisotopic (exact) mass is 320 g/mol. The summed E-state index contributed by atoms with van der Waals surface area (Å²) < 4.78 is 5.69. The maximum absolute atomic E-state index is 5.69. The third-order valence-electron chi connectivity index (χ3n) is 2.63.